The molecule has 0 saturated carbocycles. The third-order valence-corrected chi connectivity index (χ3v) is 4.84. The molecule has 0 radical (unpaired) electrons. The average Bonchev–Trinajstić information content (AvgIpc) is 2.60. The third-order valence-electron chi connectivity index (χ3n) is 4.04. The van der Waals surface area contributed by atoms with E-state index in [0.29, 0.717) is 23.0 Å². The third kappa shape index (κ3) is 6.42. The molecular weight excluding hydrogens is 407 g/mol. The van der Waals surface area contributed by atoms with Crippen molar-refractivity contribution >= 4 is 46.6 Å². The molecule has 2 aromatic carbocycles. The summed E-state index contributed by atoms with van der Waals surface area (Å²) in [7, 11) is 0. The molecule has 7 heteroatoms. The molecule has 27 heavy (non-hydrogen) atoms. The molecule has 0 spiro atoms. The standard InChI is InChI=1S/C20H21Cl3N2O2/c1-12(2)18(25-19(26)16-8-7-15(22)11-17(16)23)20(27)24-10-9-13-3-5-14(21)6-4-13/h3-8,11-12,18H,9-10H2,1-2H3,(H,24,27)(H,25,26). The zero-order valence-corrected chi connectivity index (χ0v) is 17.3. The summed E-state index contributed by atoms with van der Waals surface area (Å²) in [6, 6.07) is 11.4. The second kappa shape index (κ2) is 9.98. The van der Waals surface area contributed by atoms with Gasteiger partial charge in [0.25, 0.3) is 5.91 Å². The van der Waals surface area contributed by atoms with Crippen LogP contribution in [0.1, 0.15) is 29.8 Å². The second-order valence-electron chi connectivity index (χ2n) is 6.49. The van der Waals surface area contributed by atoms with E-state index in [-0.39, 0.29) is 22.4 Å². The van der Waals surface area contributed by atoms with Crippen molar-refractivity contribution in [1.82, 2.24) is 10.6 Å². The zero-order valence-electron chi connectivity index (χ0n) is 15.1. The van der Waals surface area contributed by atoms with Gasteiger partial charge in [0.2, 0.25) is 5.91 Å². The van der Waals surface area contributed by atoms with E-state index in [2.05, 4.69) is 10.6 Å². The summed E-state index contributed by atoms with van der Waals surface area (Å²) in [6.07, 6.45) is 0.671. The molecule has 2 amide bonds. The number of benzene rings is 2. The Morgan fingerprint density at radius 2 is 1.59 bits per heavy atom. The fourth-order valence-corrected chi connectivity index (χ4v) is 3.14. The first-order chi connectivity index (χ1) is 12.8. The Bertz CT molecular complexity index is 807. The predicted molar refractivity (Wildman–Crippen MR) is 111 cm³/mol. The van der Waals surface area contributed by atoms with Gasteiger partial charge in [-0.1, -0.05) is 60.8 Å². The number of hydrogen-bond acceptors (Lipinski definition) is 2. The Hall–Kier alpha value is -1.75. The van der Waals surface area contributed by atoms with Crippen LogP contribution in [0.4, 0.5) is 0 Å². The lowest BCUT2D eigenvalue weighted by Gasteiger charge is -2.22. The van der Waals surface area contributed by atoms with Crippen LogP contribution in [0, 0.1) is 5.92 Å². The molecule has 0 aliphatic carbocycles. The van der Waals surface area contributed by atoms with Gasteiger partial charge in [-0.05, 0) is 48.2 Å². The summed E-state index contributed by atoms with van der Waals surface area (Å²) >= 11 is 17.8. The molecule has 4 nitrogen and oxygen atoms in total. The number of rotatable bonds is 7. The van der Waals surface area contributed by atoms with Gasteiger partial charge in [-0.2, -0.15) is 0 Å². The first-order valence-corrected chi connectivity index (χ1v) is 9.69. The molecule has 1 atom stereocenters. The molecule has 2 aromatic rings. The van der Waals surface area contributed by atoms with Crippen molar-refractivity contribution in [2.45, 2.75) is 26.3 Å². The topological polar surface area (TPSA) is 58.2 Å². The van der Waals surface area contributed by atoms with Crippen LogP contribution in [0.25, 0.3) is 0 Å². The van der Waals surface area contributed by atoms with Crippen molar-refractivity contribution in [2.75, 3.05) is 6.54 Å². The minimum atomic E-state index is -0.672. The minimum absolute atomic E-state index is 0.0874. The molecule has 0 fully saturated rings. The molecule has 2 rings (SSSR count). The van der Waals surface area contributed by atoms with Crippen molar-refractivity contribution in [3.05, 3.63) is 68.7 Å². The second-order valence-corrected chi connectivity index (χ2v) is 7.77. The van der Waals surface area contributed by atoms with Crippen LogP contribution in [-0.4, -0.2) is 24.4 Å². The van der Waals surface area contributed by atoms with Gasteiger partial charge in [0, 0.05) is 16.6 Å². The van der Waals surface area contributed by atoms with E-state index in [1.54, 1.807) is 6.07 Å². The molecule has 0 aliphatic heterocycles. The van der Waals surface area contributed by atoms with Crippen LogP contribution < -0.4 is 10.6 Å². The molecule has 0 aliphatic rings. The van der Waals surface area contributed by atoms with Gasteiger partial charge < -0.3 is 10.6 Å². The van der Waals surface area contributed by atoms with Gasteiger partial charge in [-0.25, -0.2) is 0 Å². The van der Waals surface area contributed by atoms with Gasteiger partial charge >= 0.3 is 0 Å². The molecule has 0 saturated heterocycles. The monoisotopic (exact) mass is 426 g/mol. The van der Waals surface area contributed by atoms with Crippen molar-refractivity contribution in [3.63, 3.8) is 0 Å². The molecular formula is C20H21Cl3N2O2. The Morgan fingerprint density at radius 3 is 2.19 bits per heavy atom. The Morgan fingerprint density at radius 1 is 0.963 bits per heavy atom. The molecule has 0 aromatic heterocycles. The first-order valence-electron chi connectivity index (χ1n) is 8.56. The van der Waals surface area contributed by atoms with Crippen LogP contribution in [0.3, 0.4) is 0 Å². The summed E-state index contributed by atoms with van der Waals surface area (Å²) in [5.74, 6) is -0.740. The van der Waals surface area contributed by atoms with E-state index in [1.807, 2.05) is 38.1 Å². The number of halogens is 3. The fraction of sp³-hybridized carbons (Fsp3) is 0.300. The van der Waals surface area contributed by atoms with Gasteiger partial charge in [-0.15, -0.1) is 0 Å². The molecule has 144 valence electrons. The van der Waals surface area contributed by atoms with E-state index in [0.717, 1.165) is 5.56 Å². The van der Waals surface area contributed by atoms with Crippen molar-refractivity contribution in [1.29, 1.82) is 0 Å². The van der Waals surface area contributed by atoms with Gasteiger partial charge in [0.05, 0.1) is 10.6 Å². The maximum atomic E-state index is 12.5. The molecule has 0 bridgehead atoms. The van der Waals surface area contributed by atoms with Crippen LogP contribution in [-0.2, 0) is 11.2 Å². The highest BCUT2D eigenvalue weighted by molar-refractivity contribution is 6.36. The number of amides is 2. The highest BCUT2D eigenvalue weighted by Crippen LogP contribution is 2.21. The Labute approximate surface area is 174 Å². The van der Waals surface area contributed by atoms with Gasteiger partial charge in [-0.3, -0.25) is 9.59 Å². The molecule has 2 N–H and O–H groups in total. The van der Waals surface area contributed by atoms with Crippen LogP contribution >= 0.6 is 34.8 Å². The number of nitrogens with one attached hydrogen (secondary N) is 2. The fourth-order valence-electron chi connectivity index (χ4n) is 2.52. The molecule has 1 unspecified atom stereocenters. The van der Waals surface area contributed by atoms with Crippen LogP contribution in [0.2, 0.25) is 15.1 Å². The average molecular weight is 428 g/mol. The van der Waals surface area contributed by atoms with E-state index < -0.39 is 11.9 Å². The smallest absolute Gasteiger partial charge is 0.253 e. The van der Waals surface area contributed by atoms with Crippen molar-refractivity contribution in [2.24, 2.45) is 5.92 Å². The summed E-state index contributed by atoms with van der Waals surface area (Å²) in [5, 5.41) is 6.98. The maximum Gasteiger partial charge on any atom is 0.253 e. The summed E-state index contributed by atoms with van der Waals surface area (Å²) in [5.41, 5.74) is 1.35. The highest BCUT2D eigenvalue weighted by Gasteiger charge is 2.25. The van der Waals surface area contributed by atoms with Crippen molar-refractivity contribution < 1.29 is 9.59 Å². The van der Waals surface area contributed by atoms with Crippen LogP contribution in [0.5, 0.6) is 0 Å². The summed E-state index contributed by atoms with van der Waals surface area (Å²) < 4.78 is 0. The summed E-state index contributed by atoms with van der Waals surface area (Å²) in [4.78, 5) is 25.0. The number of hydrogen-bond donors (Lipinski definition) is 2. The SMILES string of the molecule is CC(C)C(NC(=O)c1ccc(Cl)cc1Cl)C(=O)NCCc1ccc(Cl)cc1. The summed E-state index contributed by atoms with van der Waals surface area (Å²) in [6.45, 7) is 4.20. The van der Waals surface area contributed by atoms with E-state index >= 15 is 0 Å². The Balaban J connectivity index is 1.95. The number of carbonyl (C=O) groups excluding carboxylic acids is 2. The predicted octanol–water partition coefficient (Wildman–Crippen LogP) is 4.76. The van der Waals surface area contributed by atoms with E-state index in [4.69, 9.17) is 34.8 Å². The number of carbonyl (C=O) groups is 2. The van der Waals surface area contributed by atoms with Gasteiger partial charge in [0.1, 0.15) is 6.04 Å². The van der Waals surface area contributed by atoms with E-state index in [1.165, 1.54) is 12.1 Å². The quantitative estimate of drug-likeness (QED) is 0.669. The normalized spacial score (nSPS) is 11.9. The zero-order chi connectivity index (χ0) is 20.0. The Kier molecular flexibility index (Phi) is 7.96. The van der Waals surface area contributed by atoms with E-state index in [9.17, 15) is 9.59 Å². The minimum Gasteiger partial charge on any atom is -0.354 e. The van der Waals surface area contributed by atoms with Crippen molar-refractivity contribution in [3.8, 4) is 0 Å². The largest absolute Gasteiger partial charge is 0.354 e. The maximum absolute atomic E-state index is 12.5. The lowest BCUT2D eigenvalue weighted by Crippen LogP contribution is -2.50. The first kappa shape index (κ1) is 21.5. The van der Waals surface area contributed by atoms with Crippen LogP contribution in [0.15, 0.2) is 42.5 Å². The molecule has 0 heterocycles. The highest BCUT2D eigenvalue weighted by atomic mass is 35.5. The van der Waals surface area contributed by atoms with Gasteiger partial charge in [0.15, 0.2) is 0 Å². The lowest BCUT2D eigenvalue weighted by atomic mass is 10.0. The lowest BCUT2D eigenvalue weighted by molar-refractivity contribution is -0.123.